The Balaban J connectivity index is 1.80. The van der Waals surface area contributed by atoms with E-state index < -0.39 is 5.41 Å². The molecule has 0 spiro atoms. The Morgan fingerprint density at radius 3 is 1.68 bits per heavy atom. The first-order valence-electron chi connectivity index (χ1n) is 10.3. The van der Waals surface area contributed by atoms with E-state index in [-0.39, 0.29) is 0 Å². The standard InChI is InChI=1S/C27H20N4/c28-19-13-9-17(10-14-19)27(18-11-15-20(29)16-12-18)22-6-2-1-5-21(22)25-26(27)31-24-8-4-3-7-23(24)30-25/h1-16H,28-29H2. The summed E-state index contributed by atoms with van der Waals surface area (Å²) in [5.74, 6) is 0. The van der Waals surface area contributed by atoms with Crippen molar-refractivity contribution in [3.8, 4) is 11.3 Å². The van der Waals surface area contributed by atoms with Crippen molar-refractivity contribution in [2.24, 2.45) is 0 Å². The van der Waals surface area contributed by atoms with E-state index in [1.807, 2.05) is 48.5 Å². The second-order valence-electron chi connectivity index (χ2n) is 7.95. The van der Waals surface area contributed by atoms with E-state index in [0.717, 1.165) is 56.0 Å². The molecule has 0 bridgehead atoms. The number of benzene rings is 4. The quantitative estimate of drug-likeness (QED) is 0.394. The number of nitrogens with zero attached hydrogens (tertiary/aromatic N) is 2. The lowest BCUT2D eigenvalue weighted by molar-refractivity contribution is 0.740. The molecule has 0 saturated carbocycles. The van der Waals surface area contributed by atoms with Crippen LogP contribution in [0.2, 0.25) is 0 Å². The van der Waals surface area contributed by atoms with E-state index in [1.165, 1.54) is 0 Å². The summed E-state index contributed by atoms with van der Waals surface area (Å²) in [4.78, 5) is 10.3. The highest BCUT2D eigenvalue weighted by atomic mass is 14.9. The molecule has 0 amide bonds. The maximum Gasteiger partial charge on any atom is 0.0944 e. The van der Waals surface area contributed by atoms with Gasteiger partial charge in [0.1, 0.15) is 0 Å². The van der Waals surface area contributed by atoms with Gasteiger partial charge >= 0.3 is 0 Å². The monoisotopic (exact) mass is 400 g/mol. The summed E-state index contributed by atoms with van der Waals surface area (Å²) in [5, 5.41) is 0. The Kier molecular flexibility index (Phi) is 3.65. The average Bonchev–Trinajstić information content (AvgIpc) is 3.09. The first-order chi connectivity index (χ1) is 15.2. The Bertz CT molecular complexity index is 1390. The molecule has 0 fully saturated rings. The molecule has 6 rings (SSSR count). The molecule has 1 aromatic heterocycles. The van der Waals surface area contributed by atoms with Gasteiger partial charge < -0.3 is 11.5 Å². The molecule has 0 radical (unpaired) electrons. The van der Waals surface area contributed by atoms with E-state index in [9.17, 15) is 0 Å². The van der Waals surface area contributed by atoms with E-state index in [4.69, 9.17) is 21.4 Å². The minimum atomic E-state index is -0.607. The Morgan fingerprint density at radius 1 is 0.548 bits per heavy atom. The molecule has 0 atom stereocenters. The van der Waals surface area contributed by atoms with Gasteiger partial charge in [0.05, 0.1) is 27.8 Å². The number of hydrogen-bond donors (Lipinski definition) is 2. The summed E-state index contributed by atoms with van der Waals surface area (Å²) < 4.78 is 0. The normalized spacial score (nSPS) is 13.7. The zero-order valence-electron chi connectivity index (χ0n) is 16.8. The van der Waals surface area contributed by atoms with Crippen LogP contribution in [-0.2, 0) is 5.41 Å². The number of anilines is 2. The Morgan fingerprint density at radius 2 is 1.06 bits per heavy atom. The molecule has 4 heteroatoms. The highest BCUT2D eigenvalue weighted by Gasteiger charge is 2.48. The van der Waals surface area contributed by atoms with Crippen LogP contribution < -0.4 is 11.5 Å². The van der Waals surface area contributed by atoms with Crippen LogP contribution >= 0.6 is 0 Å². The van der Waals surface area contributed by atoms with Gasteiger partial charge in [0.2, 0.25) is 0 Å². The molecule has 4 N–H and O–H groups in total. The third-order valence-electron chi connectivity index (χ3n) is 6.20. The van der Waals surface area contributed by atoms with E-state index >= 15 is 0 Å². The van der Waals surface area contributed by atoms with Gasteiger partial charge in [-0.15, -0.1) is 0 Å². The number of hydrogen-bond acceptors (Lipinski definition) is 4. The van der Waals surface area contributed by atoms with Crippen LogP contribution in [0.1, 0.15) is 22.4 Å². The Hall–Kier alpha value is -4.18. The topological polar surface area (TPSA) is 77.8 Å². The molecule has 1 aliphatic carbocycles. The molecule has 0 unspecified atom stereocenters. The minimum absolute atomic E-state index is 0.607. The molecular formula is C27H20N4. The maximum absolute atomic E-state index is 6.05. The third kappa shape index (κ3) is 2.42. The molecule has 0 saturated heterocycles. The van der Waals surface area contributed by atoms with E-state index in [2.05, 4.69) is 48.5 Å². The van der Waals surface area contributed by atoms with Crippen LogP contribution in [-0.4, -0.2) is 9.97 Å². The summed E-state index contributed by atoms with van der Waals surface area (Å²) in [6, 6.07) is 32.6. The summed E-state index contributed by atoms with van der Waals surface area (Å²) in [6.45, 7) is 0. The molecule has 31 heavy (non-hydrogen) atoms. The summed E-state index contributed by atoms with van der Waals surface area (Å²) in [7, 11) is 0. The van der Waals surface area contributed by atoms with Crippen molar-refractivity contribution >= 4 is 22.4 Å². The number of rotatable bonds is 2. The Labute approximate surface area is 180 Å². The maximum atomic E-state index is 6.05. The van der Waals surface area contributed by atoms with Crippen LogP contribution in [0.4, 0.5) is 11.4 Å². The molecule has 148 valence electrons. The lowest BCUT2D eigenvalue weighted by atomic mass is 9.69. The van der Waals surface area contributed by atoms with Crippen LogP contribution in [0.5, 0.6) is 0 Å². The van der Waals surface area contributed by atoms with Gasteiger partial charge in [-0.25, -0.2) is 9.97 Å². The van der Waals surface area contributed by atoms with Crippen LogP contribution in [0.15, 0.2) is 97.1 Å². The SMILES string of the molecule is Nc1ccc(C2(c3ccc(N)cc3)c3ccccc3-c3nc4ccccc4nc32)cc1. The van der Waals surface area contributed by atoms with Crippen molar-refractivity contribution in [1.82, 2.24) is 9.97 Å². The fourth-order valence-corrected chi connectivity index (χ4v) is 4.81. The van der Waals surface area contributed by atoms with Gasteiger partial charge in [0, 0.05) is 16.9 Å². The van der Waals surface area contributed by atoms with E-state index in [1.54, 1.807) is 0 Å². The second kappa shape index (κ2) is 6.41. The van der Waals surface area contributed by atoms with Gasteiger partial charge in [-0.05, 0) is 53.1 Å². The van der Waals surface area contributed by atoms with Crippen molar-refractivity contribution in [3.05, 3.63) is 119 Å². The van der Waals surface area contributed by atoms with Gasteiger partial charge in [-0.3, -0.25) is 0 Å². The molecule has 1 aliphatic rings. The number of para-hydroxylation sites is 2. The first kappa shape index (κ1) is 17.7. The number of nitrogen functional groups attached to an aromatic ring is 2. The fraction of sp³-hybridized carbons (Fsp3) is 0.0370. The summed E-state index contributed by atoms with van der Waals surface area (Å²) in [6.07, 6.45) is 0. The largest absolute Gasteiger partial charge is 0.399 e. The number of fused-ring (bicyclic) bond motifs is 4. The van der Waals surface area contributed by atoms with Crippen molar-refractivity contribution < 1.29 is 0 Å². The van der Waals surface area contributed by atoms with Crippen LogP contribution in [0, 0.1) is 0 Å². The zero-order chi connectivity index (χ0) is 21.0. The third-order valence-corrected chi connectivity index (χ3v) is 6.20. The highest BCUT2D eigenvalue weighted by molar-refractivity contribution is 5.87. The predicted octanol–water partition coefficient (Wildman–Crippen LogP) is 5.16. The van der Waals surface area contributed by atoms with Crippen LogP contribution in [0.25, 0.3) is 22.3 Å². The van der Waals surface area contributed by atoms with Crippen molar-refractivity contribution in [2.75, 3.05) is 11.5 Å². The molecule has 5 aromatic rings. The molecular weight excluding hydrogens is 380 g/mol. The minimum Gasteiger partial charge on any atom is -0.399 e. The summed E-state index contributed by atoms with van der Waals surface area (Å²) >= 11 is 0. The molecule has 1 heterocycles. The lowest BCUT2D eigenvalue weighted by Gasteiger charge is -2.32. The number of aromatic nitrogens is 2. The number of nitrogens with two attached hydrogens (primary N) is 2. The lowest BCUT2D eigenvalue weighted by Crippen LogP contribution is -2.29. The van der Waals surface area contributed by atoms with Crippen LogP contribution in [0.3, 0.4) is 0 Å². The second-order valence-corrected chi connectivity index (χ2v) is 7.95. The van der Waals surface area contributed by atoms with Gasteiger partial charge in [0.15, 0.2) is 0 Å². The van der Waals surface area contributed by atoms with Gasteiger partial charge in [0.25, 0.3) is 0 Å². The summed E-state index contributed by atoms with van der Waals surface area (Å²) in [5.41, 5.74) is 21.0. The molecule has 4 aromatic carbocycles. The van der Waals surface area contributed by atoms with Gasteiger partial charge in [-0.2, -0.15) is 0 Å². The predicted molar refractivity (Wildman–Crippen MR) is 126 cm³/mol. The van der Waals surface area contributed by atoms with Gasteiger partial charge in [-0.1, -0.05) is 60.7 Å². The molecule has 0 aliphatic heterocycles. The average molecular weight is 400 g/mol. The van der Waals surface area contributed by atoms with Crippen molar-refractivity contribution in [1.29, 1.82) is 0 Å². The molecule has 4 nitrogen and oxygen atoms in total. The highest BCUT2D eigenvalue weighted by Crippen LogP contribution is 2.55. The first-order valence-corrected chi connectivity index (χ1v) is 10.3. The van der Waals surface area contributed by atoms with E-state index in [0.29, 0.717) is 0 Å². The smallest absolute Gasteiger partial charge is 0.0944 e. The van der Waals surface area contributed by atoms with Crippen molar-refractivity contribution in [3.63, 3.8) is 0 Å². The zero-order valence-corrected chi connectivity index (χ0v) is 16.8. The fourth-order valence-electron chi connectivity index (χ4n) is 4.81. The van der Waals surface area contributed by atoms with Crippen molar-refractivity contribution in [2.45, 2.75) is 5.41 Å².